The Kier molecular flexibility index (Phi) is 8.68. The highest BCUT2D eigenvalue weighted by molar-refractivity contribution is 6.07. The molecule has 0 saturated carbocycles. The molecule has 6 heteroatoms. The van der Waals surface area contributed by atoms with E-state index in [0.717, 1.165) is 16.7 Å². The average molecular weight is 455 g/mol. The van der Waals surface area contributed by atoms with E-state index >= 15 is 0 Å². The summed E-state index contributed by atoms with van der Waals surface area (Å²) in [6, 6.07) is 29.9. The van der Waals surface area contributed by atoms with Crippen molar-refractivity contribution in [3.05, 3.63) is 108 Å². The molecule has 1 unspecified atom stereocenters. The van der Waals surface area contributed by atoms with E-state index in [1.807, 2.05) is 91.0 Å². The van der Waals surface area contributed by atoms with Crippen molar-refractivity contribution in [3.63, 3.8) is 0 Å². The van der Waals surface area contributed by atoms with Crippen LogP contribution in [0.4, 0.5) is 0 Å². The van der Waals surface area contributed by atoms with Crippen molar-refractivity contribution in [3.8, 4) is 0 Å². The van der Waals surface area contributed by atoms with Gasteiger partial charge in [-0.1, -0.05) is 91.0 Å². The number of hydrogen-bond acceptors (Lipinski definition) is 5. The standard InChI is InChI=1S/C26H27ClO5/c27-32-26-25(30-18-22-14-8-3-9-15-22)24(29-17-21-12-6-2-7-13-21)23(31-26)19-28-16-20-10-4-1-5-11-20/h1-15,23-26H,16-19H2/t23-,24-,25-,26?/m1/s1. The Morgan fingerprint density at radius 2 is 1.09 bits per heavy atom. The van der Waals surface area contributed by atoms with Gasteiger partial charge < -0.3 is 18.9 Å². The molecule has 32 heavy (non-hydrogen) atoms. The van der Waals surface area contributed by atoms with Crippen molar-refractivity contribution in [1.82, 2.24) is 0 Å². The third-order valence-corrected chi connectivity index (χ3v) is 5.50. The first-order valence-corrected chi connectivity index (χ1v) is 11.0. The molecule has 1 heterocycles. The van der Waals surface area contributed by atoms with Crippen molar-refractivity contribution in [2.75, 3.05) is 6.61 Å². The molecule has 0 amide bonds. The van der Waals surface area contributed by atoms with Gasteiger partial charge in [0.2, 0.25) is 6.29 Å². The third-order valence-electron chi connectivity index (χ3n) is 5.32. The first-order chi connectivity index (χ1) is 15.8. The number of benzene rings is 3. The van der Waals surface area contributed by atoms with Crippen LogP contribution in [0, 0.1) is 0 Å². The van der Waals surface area contributed by atoms with Crippen molar-refractivity contribution < 1.29 is 23.2 Å². The molecule has 3 aromatic carbocycles. The summed E-state index contributed by atoms with van der Waals surface area (Å²) in [6.07, 6.45) is -2.04. The molecule has 0 radical (unpaired) electrons. The summed E-state index contributed by atoms with van der Waals surface area (Å²) in [5.41, 5.74) is 3.20. The summed E-state index contributed by atoms with van der Waals surface area (Å²) in [4.78, 5) is 0. The van der Waals surface area contributed by atoms with Crippen LogP contribution >= 0.6 is 11.9 Å². The van der Waals surface area contributed by atoms with E-state index in [2.05, 4.69) is 0 Å². The van der Waals surface area contributed by atoms with E-state index in [0.29, 0.717) is 26.4 Å². The van der Waals surface area contributed by atoms with Crippen LogP contribution in [0.5, 0.6) is 0 Å². The zero-order valence-electron chi connectivity index (χ0n) is 17.7. The van der Waals surface area contributed by atoms with Gasteiger partial charge in [-0.05, 0) is 16.7 Å². The Hall–Kier alpha value is -2.25. The Morgan fingerprint density at radius 1 is 0.625 bits per heavy atom. The van der Waals surface area contributed by atoms with E-state index in [1.54, 1.807) is 0 Å². The fraction of sp³-hybridized carbons (Fsp3) is 0.308. The Bertz CT molecular complexity index is 909. The smallest absolute Gasteiger partial charge is 0.206 e. The fourth-order valence-corrected chi connectivity index (χ4v) is 3.82. The van der Waals surface area contributed by atoms with E-state index in [9.17, 15) is 0 Å². The van der Waals surface area contributed by atoms with E-state index in [4.69, 9.17) is 35.1 Å². The van der Waals surface area contributed by atoms with Crippen LogP contribution in [0.1, 0.15) is 16.7 Å². The van der Waals surface area contributed by atoms with E-state index in [-0.39, 0.29) is 6.10 Å². The van der Waals surface area contributed by atoms with Crippen molar-refractivity contribution in [2.24, 2.45) is 0 Å². The highest BCUT2D eigenvalue weighted by atomic mass is 35.5. The minimum atomic E-state index is -0.758. The third kappa shape index (κ3) is 6.39. The van der Waals surface area contributed by atoms with Crippen LogP contribution in [0.25, 0.3) is 0 Å². The van der Waals surface area contributed by atoms with Gasteiger partial charge >= 0.3 is 0 Å². The zero-order valence-corrected chi connectivity index (χ0v) is 18.5. The summed E-state index contributed by atoms with van der Waals surface area (Å²) in [7, 11) is 0. The lowest BCUT2D eigenvalue weighted by Crippen LogP contribution is -2.39. The van der Waals surface area contributed by atoms with Gasteiger partial charge in [0, 0.05) is 0 Å². The normalized spacial score (nSPS) is 22.8. The maximum Gasteiger partial charge on any atom is 0.206 e. The van der Waals surface area contributed by atoms with Gasteiger partial charge in [0.15, 0.2) is 0 Å². The van der Waals surface area contributed by atoms with Crippen LogP contribution in [0.2, 0.25) is 0 Å². The Morgan fingerprint density at radius 3 is 1.59 bits per heavy atom. The second kappa shape index (κ2) is 12.1. The van der Waals surface area contributed by atoms with E-state index in [1.165, 1.54) is 0 Å². The van der Waals surface area contributed by atoms with Crippen molar-refractivity contribution in [1.29, 1.82) is 0 Å². The molecule has 5 nitrogen and oxygen atoms in total. The first kappa shape index (κ1) is 22.9. The molecule has 4 rings (SSSR count). The number of rotatable bonds is 11. The molecule has 0 bridgehead atoms. The number of halogens is 1. The predicted molar refractivity (Wildman–Crippen MR) is 122 cm³/mol. The molecule has 4 atom stereocenters. The topological polar surface area (TPSA) is 46.2 Å². The monoisotopic (exact) mass is 454 g/mol. The van der Waals surface area contributed by atoms with Crippen LogP contribution in [-0.2, 0) is 43.1 Å². The fourth-order valence-electron chi connectivity index (χ4n) is 3.68. The van der Waals surface area contributed by atoms with Gasteiger partial charge in [-0.2, -0.15) is 0 Å². The summed E-state index contributed by atoms with van der Waals surface area (Å²) in [5.74, 6) is 0. The quantitative estimate of drug-likeness (QED) is 0.395. The molecule has 1 fully saturated rings. The molecule has 0 aromatic heterocycles. The average Bonchev–Trinajstić information content (AvgIpc) is 3.19. The summed E-state index contributed by atoms with van der Waals surface area (Å²) >= 11 is 5.76. The molecule has 0 spiro atoms. The minimum absolute atomic E-state index is 0.330. The van der Waals surface area contributed by atoms with E-state index < -0.39 is 18.5 Å². The highest BCUT2D eigenvalue weighted by Crippen LogP contribution is 2.30. The van der Waals surface area contributed by atoms with Gasteiger partial charge in [-0.15, -0.1) is 0 Å². The summed E-state index contributed by atoms with van der Waals surface area (Å²) in [5, 5.41) is 0. The molecule has 0 aliphatic carbocycles. The summed E-state index contributed by atoms with van der Waals surface area (Å²) < 4.78 is 29.5. The molecule has 3 aromatic rings. The molecular weight excluding hydrogens is 428 g/mol. The Labute approximate surface area is 194 Å². The maximum absolute atomic E-state index is 6.27. The Balaban J connectivity index is 1.42. The van der Waals surface area contributed by atoms with Crippen molar-refractivity contribution >= 4 is 11.9 Å². The first-order valence-electron chi connectivity index (χ1n) is 10.7. The number of hydrogen-bond donors (Lipinski definition) is 0. The van der Waals surface area contributed by atoms with Gasteiger partial charge in [0.1, 0.15) is 18.3 Å². The SMILES string of the molecule is ClOC1O[C@H](COCc2ccccc2)[C@@H](OCc2ccccc2)[C@H]1OCc1ccccc1. The largest absolute Gasteiger partial charge is 0.374 e. The lowest BCUT2D eigenvalue weighted by atomic mass is 10.1. The molecule has 1 aliphatic rings. The predicted octanol–water partition coefficient (Wildman–Crippen LogP) is 5.27. The van der Waals surface area contributed by atoms with Crippen molar-refractivity contribution in [2.45, 2.75) is 44.4 Å². The molecule has 1 aliphatic heterocycles. The molecular formula is C26H27ClO5. The second-order valence-electron chi connectivity index (χ2n) is 7.66. The minimum Gasteiger partial charge on any atom is -0.374 e. The van der Waals surface area contributed by atoms with Crippen LogP contribution in [0.15, 0.2) is 91.0 Å². The summed E-state index contributed by atoms with van der Waals surface area (Å²) in [6.45, 7) is 1.63. The lowest BCUT2D eigenvalue weighted by Gasteiger charge is -2.24. The second-order valence-corrected chi connectivity index (χ2v) is 7.83. The van der Waals surface area contributed by atoms with Gasteiger partial charge in [-0.3, -0.25) is 0 Å². The molecule has 1 saturated heterocycles. The van der Waals surface area contributed by atoms with Crippen LogP contribution in [0.3, 0.4) is 0 Å². The maximum atomic E-state index is 6.27. The molecule has 168 valence electrons. The lowest BCUT2D eigenvalue weighted by molar-refractivity contribution is -0.136. The molecule has 0 N–H and O–H groups in total. The van der Waals surface area contributed by atoms with Gasteiger partial charge in [0.25, 0.3) is 0 Å². The van der Waals surface area contributed by atoms with Crippen LogP contribution < -0.4 is 0 Å². The van der Waals surface area contributed by atoms with Crippen LogP contribution in [-0.4, -0.2) is 31.2 Å². The number of ether oxygens (including phenoxy) is 4. The zero-order chi connectivity index (χ0) is 22.0. The van der Waals surface area contributed by atoms with Gasteiger partial charge in [0.05, 0.1) is 38.3 Å². The van der Waals surface area contributed by atoms with Gasteiger partial charge in [-0.25, -0.2) is 4.29 Å². The highest BCUT2D eigenvalue weighted by Gasteiger charge is 2.47.